The van der Waals surface area contributed by atoms with E-state index in [4.69, 9.17) is 14.5 Å². The number of hydrogen-bond acceptors (Lipinski definition) is 5. The average molecular weight is 434 g/mol. The number of ether oxygens (including phenoxy) is 2. The maximum atomic E-state index is 6.29. The van der Waals surface area contributed by atoms with E-state index in [2.05, 4.69) is 60.1 Å². The summed E-state index contributed by atoms with van der Waals surface area (Å²) in [7, 11) is 0. The second-order valence-electron chi connectivity index (χ2n) is 9.57. The molecule has 170 valence electrons. The van der Waals surface area contributed by atoms with Crippen molar-refractivity contribution < 1.29 is 9.47 Å². The highest BCUT2D eigenvalue weighted by Crippen LogP contribution is 2.33. The molecule has 5 nitrogen and oxygen atoms in total. The van der Waals surface area contributed by atoms with E-state index in [-0.39, 0.29) is 0 Å². The summed E-state index contributed by atoms with van der Waals surface area (Å²) in [6.07, 6.45) is 7.86. The van der Waals surface area contributed by atoms with Crippen LogP contribution in [0.15, 0.2) is 42.1 Å². The summed E-state index contributed by atoms with van der Waals surface area (Å²) in [4.78, 5) is 9.77. The quantitative estimate of drug-likeness (QED) is 0.680. The molecule has 0 radical (unpaired) electrons. The number of likely N-dealkylation sites (tertiary alicyclic amines) is 1. The van der Waals surface area contributed by atoms with E-state index in [1.165, 1.54) is 16.7 Å². The smallest absolute Gasteiger partial charge is 0.119 e. The summed E-state index contributed by atoms with van der Waals surface area (Å²) < 4.78 is 11.8. The SMILES string of the molecule is CC(C)N1CCC(Oc2ccc(-c3nccc4c3C=C(CN3CCOCC3)C4)cc2)CC1. The molecule has 5 heteroatoms. The van der Waals surface area contributed by atoms with Gasteiger partial charge in [-0.2, -0.15) is 0 Å². The molecule has 2 saturated heterocycles. The Hall–Kier alpha value is -2.21. The lowest BCUT2D eigenvalue weighted by Gasteiger charge is -2.34. The minimum absolute atomic E-state index is 0.320. The molecule has 32 heavy (non-hydrogen) atoms. The Morgan fingerprint density at radius 1 is 1.03 bits per heavy atom. The predicted octanol–water partition coefficient (Wildman–Crippen LogP) is 4.27. The van der Waals surface area contributed by atoms with Crippen LogP contribution in [0.5, 0.6) is 5.75 Å². The first-order chi connectivity index (χ1) is 15.7. The monoisotopic (exact) mass is 433 g/mol. The van der Waals surface area contributed by atoms with Crippen LogP contribution in [0.2, 0.25) is 0 Å². The minimum Gasteiger partial charge on any atom is -0.490 e. The molecule has 1 aromatic carbocycles. The van der Waals surface area contributed by atoms with E-state index in [0.29, 0.717) is 12.1 Å². The van der Waals surface area contributed by atoms with Gasteiger partial charge in [0.25, 0.3) is 0 Å². The van der Waals surface area contributed by atoms with E-state index in [1.807, 2.05) is 6.20 Å². The van der Waals surface area contributed by atoms with Crippen LogP contribution in [0.1, 0.15) is 37.8 Å². The highest BCUT2D eigenvalue weighted by Gasteiger charge is 2.23. The van der Waals surface area contributed by atoms with E-state index >= 15 is 0 Å². The first-order valence-corrected chi connectivity index (χ1v) is 12.1. The first kappa shape index (κ1) is 21.6. The second-order valence-corrected chi connectivity index (χ2v) is 9.57. The lowest BCUT2D eigenvalue weighted by atomic mass is 10.0. The second kappa shape index (κ2) is 9.74. The summed E-state index contributed by atoms with van der Waals surface area (Å²) in [5, 5.41) is 0. The van der Waals surface area contributed by atoms with Crippen LogP contribution in [0, 0.1) is 0 Å². The number of piperidine rings is 1. The molecule has 5 rings (SSSR count). The van der Waals surface area contributed by atoms with Gasteiger partial charge in [0.2, 0.25) is 0 Å². The van der Waals surface area contributed by atoms with Crippen LogP contribution >= 0.6 is 0 Å². The molecule has 2 fully saturated rings. The van der Waals surface area contributed by atoms with Gasteiger partial charge in [-0.1, -0.05) is 11.6 Å². The predicted molar refractivity (Wildman–Crippen MR) is 129 cm³/mol. The van der Waals surface area contributed by atoms with Crippen molar-refractivity contribution in [3.05, 3.63) is 53.2 Å². The topological polar surface area (TPSA) is 37.8 Å². The Morgan fingerprint density at radius 3 is 2.50 bits per heavy atom. The van der Waals surface area contributed by atoms with Crippen molar-refractivity contribution in [3.8, 4) is 17.0 Å². The van der Waals surface area contributed by atoms with Crippen molar-refractivity contribution in [1.82, 2.24) is 14.8 Å². The van der Waals surface area contributed by atoms with Gasteiger partial charge in [-0.05, 0) is 69.0 Å². The molecular formula is C27H35N3O2. The van der Waals surface area contributed by atoms with Crippen molar-refractivity contribution in [2.45, 2.75) is 45.3 Å². The lowest BCUT2D eigenvalue weighted by Crippen LogP contribution is -2.41. The number of hydrogen-bond donors (Lipinski definition) is 0. The van der Waals surface area contributed by atoms with Crippen molar-refractivity contribution in [3.63, 3.8) is 0 Å². The maximum Gasteiger partial charge on any atom is 0.119 e. The number of morpholine rings is 1. The molecule has 3 aliphatic rings. The van der Waals surface area contributed by atoms with E-state index in [9.17, 15) is 0 Å². The highest BCUT2D eigenvalue weighted by molar-refractivity contribution is 5.78. The fourth-order valence-electron chi connectivity index (χ4n) is 5.10. The molecule has 0 amide bonds. The number of pyridine rings is 1. The Kier molecular flexibility index (Phi) is 6.58. The fourth-order valence-corrected chi connectivity index (χ4v) is 5.10. The third-order valence-corrected chi connectivity index (χ3v) is 7.01. The number of nitrogens with zero attached hydrogens (tertiary/aromatic N) is 3. The lowest BCUT2D eigenvalue weighted by molar-refractivity contribution is 0.0422. The van der Waals surface area contributed by atoms with Gasteiger partial charge < -0.3 is 14.4 Å². The van der Waals surface area contributed by atoms with Crippen molar-refractivity contribution in [2.24, 2.45) is 0 Å². The molecule has 0 atom stereocenters. The number of benzene rings is 1. The van der Waals surface area contributed by atoms with Crippen LogP contribution in [0.4, 0.5) is 0 Å². The van der Waals surface area contributed by atoms with Crippen molar-refractivity contribution in [2.75, 3.05) is 45.9 Å². The molecule has 0 N–H and O–H groups in total. The van der Waals surface area contributed by atoms with Gasteiger partial charge in [0.1, 0.15) is 11.9 Å². The van der Waals surface area contributed by atoms with E-state index in [1.54, 1.807) is 0 Å². The molecule has 2 aliphatic heterocycles. The largest absolute Gasteiger partial charge is 0.490 e. The Bertz CT molecular complexity index is 940. The van der Waals surface area contributed by atoms with Gasteiger partial charge in [-0.25, -0.2) is 0 Å². The molecule has 1 aliphatic carbocycles. The van der Waals surface area contributed by atoms with Gasteiger partial charge in [-0.3, -0.25) is 9.88 Å². The molecular weight excluding hydrogens is 398 g/mol. The third-order valence-electron chi connectivity index (χ3n) is 7.01. The van der Waals surface area contributed by atoms with Gasteiger partial charge in [-0.15, -0.1) is 0 Å². The summed E-state index contributed by atoms with van der Waals surface area (Å²) in [6, 6.07) is 11.3. The van der Waals surface area contributed by atoms with Crippen LogP contribution in [0.3, 0.4) is 0 Å². The Labute approximate surface area is 192 Å². The molecule has 0 saturated carbocycles. The summed E-state index contributed by atoms with van der Waals surface area (Å²) in [5.41, 5.74) is 6.38. The molecule has 0 spiro atoms. The zero-order valence-electron chi connectivity index (χ0n) is 19.4. The van der Waals surface area contributed by atoms with E-state index < -0.39 is 0 Å². The first-order valence-electron chi connectivity index (χ1n) is 12.1. The average Bonchev–Trinajstić information content (AvgIpc) is 3.23. The zero-order chi connectivity index (χ0) is 21.9. The maximum absolute atomic E-state index is 6.29. The summed E-state index contributed by atoms with van der Waals surface area (Å²) >= 11 is 0. The van der Waals surface area contributed by atoms with Crippen LogP contribution in [0.25, 0.3) is 17.3 Å². The highest BCUT2D eigenvalue weighted by atomic mass is 16.5. The van der Waals surface area contributed by atoms with Gasteiger partial charge in [0.05, 0.1) is 18.9 Å². The summed E-state index contributed by atoms with van der Waals surface area (Å²) in [5.74, 6) is 0.966. The third kappa shape index (κ3) is 4.90. The number of fused-ring (bicyclic) bond motifs is 1. The van der Waals surface area contributed by atoms with Crippen LogP contribution in [-0.4, -0.2) is 72.9 Å². The number of rotatable bonds is 6. The zero-order valence-corrected chi connectivity index (χ0v) is 19.4. The molecule has 0 unspecified atom stereocenters. The normalized spacial score (nSPS) is 20.4. The minimum atomic E-state index is 0.320. The van der Waals surface area contributed by atoms with Crippen molar-refractivity contribution >= 4 is 6.08 Å². The van der Waals surface area contributed by atoms with Gasteiger partial charge in [0, 0.05) is 56.1 Å². The molecule has 3 heterocycles. The van der Waals surface area contributed by atoms with Crippen LogP contribution < -0.4 is 4.74 Å². The molecule has 2 aromatic rings. The van der Waals surface area contributed by atoms with E-state index in [0.717, 1.165) is 82.2 Å². The Balaban J connectivity index is 1.25. The van der Waals surface area contributed by atoms with Crippen LogP contribution in [-0.2, 0) is 11.2 Å². The standard InChI is InChI=1S/C27H35N3O2/c1-20(2)30-11-8-25(9-12-30)32-24-5-3-22(4-6-24)27-26-18-21(17-23(26)7-10-28-27)19-29-13-15-31-16-14-29/h3-7,10,18,20,25H,8-9,11-17,19H2,1-2H3. The molecule has 1 aromatic heterocycles. The van der Waals surface area contributed by atoms with Crippen molar-refractivity contribution in [1.29, 1.82) is 0 Å². The fraction of sp³-hybridized carbons (Fsp3) is 0.519. The van der Waals surface area contributed by atoms with Gasteiger partial charge in [0.15, 0.2) is 0 Å². The Morgan fingerprint density at radius 2 is 1.78 bits per heavy atom. The van der Waals surface area contributed by atoms with Gasteiger partial charge >= 0.3 is 0 Å². The molecule has 0 bridgehead atoms. The summed E-state index contributed by atoms with van der Waals surface area (Å²) in [6.45, 7) is 11.6. The number of aromatic nitrogens is 1.